The highest BCUT2D eigenvalue weighted by Gasteiger charge is 2.33. The molecule has 2 amide bonds. The first kappa shape index (κ1) is 16.6. The molecule has 2 aliphatic carbocycles. The van der Waals surface area contributed by atoms with Gasteiger partial charge in [0.2, 0.25) is 12.7 Å². The number of amides is 2. The molecule has 27 heavy (non-hydrogen) atoms. The normalized spacial score (nSPS) is 20.1. The van der Waals surface area contributed by atoms with Gasteiger partial charge < -0.3 is 14.8 Å². The maximum atomic E-state index is 12.6. The van der Waals surface area contributed by atoms with Crippen LogP contribution in [-0.4, -0.2) is 29.6 Å². The average molecular weight is 385 g/mol. The fourth-order valence-corrected chi connectivity index (χ4v) is 4.52. The van der Waals surface area contributed by atoms with Crippen LogP contribution in [0.1, 0.15) is 52.5 Å². The predicted molar refractivity (Wildman–Crippen MR) is 99.5 cm³/mol. The monoisotopic (exact) mass is 385 g/mol. The van der Waals surface area contributed by atoms with Crippen molar-refractivity contribution in [3.63, 3.8) is 0 Å². The zero-order chi connectivity index (χ0) is 18.4. The number of thiazole rings is 1. The van der Waals surface area contributed by atoms with E-state index in [0.717, 1.165) is 42.7 Å². The van der Waals surface area contributed by atoms with Crippen molar-refractivity contribution < 1.29 is 19.1 Å². The quantitative estimate of drug-likeness (QED) is 0.845. The third kappa shape index (κ3) is 3.25. The van der Waals surface area contributed by atoms with Crippen molar-refractivity contribution in [1.82, 2.24) is 10.3 Å². The van der Waals surface area contributed by atoms with E-state index in [1.165, 1.54) is 11.3 Å². The molecule has 1 fully saturated rings. The SMILES string of the molecule is O=C(Nc1nc2c(s1)CCCC2C(=O)NC1CC1)c1ccc2c(c1)OCO2. The largest absolute Gasteiger partial charge is 0.454 e. The molecule has 1 unspecified atom stereocenters. The summed E-state index contributed by atoms with van der Waals surface area (Å²) in [5.41, 5.74) is 1.31. The predicted octanol–water partition coefficient (Wildman–Crippen LogP) is 2.82. The standard InChI is InChI=1S/C19H19N3O4S/c23-17(10-4-7-13-14(8-10)26-9-25-13)22-19-21-16-12(2-1-3-15(16)27-19)18(24)20-11-5-6-11/h4,7-8,11-12H,1-3,5-6,9H2,(H,20,24)(H,21,22,23). The van der Waals surface area contributed by atoms with Crippen LogP contribution in [0.2, 0.25) is 0 Å². The molecule has 140 valence electrons. The van der Waals surface area contributed by atoms with E-state index in [9.17, 15) is 9.59 Å². The van der Waals surface area contributed by atoms with E-state index >= 15 is 0 Å². The van der Waals surface area contributed by atoms with Crippen molar-refractivity contribution in [3.8, 4) is 11.5 Å². The third-order valence-corrected chi connectivity index (χ3v) is 6.10. The van der Waals surface area contributed by atoms with Crippen molar-refractivity contribution in [1.29, 1.82) is 0 Å². The van der Waals surface area contributed by atoms with Crippen molar-refractivity contribution in [2.75, 3.05) is 12.1 Å². The number of aromatic nitrogens is 1. The smallest absolute Gasteiger partial charge is 0.257 e. The number of carbonyl (C=O) groups is 2. The number of aryl methyl sites for hydroxylation is 1. The van der Waals surface area contributed by atoms with E-state index in [1.807, 2.05) is 0 Å². The number of carbonyl (C=O) groups excluding carboxylic acids is 2. The van der Waals surface area contributed by atoms with E-state index in [-0.39, 0.29) is 24.5 Å². The lowest BCUT2D eigenvalue weighted by Crippen LogP contribution is -2.32. The maximum absolute atomic E-state index is 12.6. The molecule has 0 radical (unpaired) electrons. The van der Waals surface area contributed by atoms with Gasteiger partial charge in [0.1, 0.15) is 0 Å². The van der Waals surface area contributed by atoms with Crippen LogP contribution in [0.4, 0.5) is 5.13 Å². The molecule has 3 aliphatic rings. The number of hydrogen-bond acceptors (Lipinski definition) is 6. The highest BCUT2D eigenvalue weighted by atomic mass is 32.1. The molecular formula is C19H19N3O4S. The Kier molecular flexibility index (Phi) is 4.00. The summed E-state index contributed by atoms with van der Waals surface area (Å²) in [6.45, 7) is 0.171. The van der Waals surface area contributed by atoms with Crippen LogP contribution in [0.3, 0.4) is 0 Å². The summed E-state index contributed by atoms with van der Waals surface area (Å²) >= 11 is 1.46. The summed E-state index contributed by atoms with van der Waals surface area (Å²) in [6.07, 6.45) is 4.82. The van der Waals surface area contributed by atoms with Gasteiger partial charge in [0.05, 0.1) is 11.6 Å². The van der Waals surface area contributed by atoms with Crippen LogP contribution >= 0.6 is 11.3 Å². The lowest BCUT2D eigenvalue weighted by atomic mass is 9.90. The summed E-state index contributed by atoms with van der Waals surface area (Å²) in [7, 11) is 0. The molecule has 5 rings (SSSR count). The van der Waals surface area contributed by atoms with Gasteiger partial charge in [-0.25, -0.2) is 4.98 Å². The van der Waals surface area contributed by atoms with Gasteiger partial charge in [0, 0.05) is 16.5 Å². The zero-order valence-electron chi connectivity index (χ0n) is 14.6. The maximum Gasteiger partial charge on any atom is 0.257 e. The van der Waals surface area contributed by atoms with Crippen molar-refractivity contribution in [3.05, 3.63) is 34.3 Å². The van der Waals surface area contributed by atoms with Crippen molar-refractivity contribution >= 4 is 28.3 Å². The lowest BCUT2D eigenvalue weighted by molar-refractivity contribution is -0.123. The molecule has 1 saturated carbocycles. The number of nitrogens with zero attached hydrogens (tertiary/aromatic N) is 1. The van der Waals surface area contributed by atoms with Crippen LogP contribution < -0.4 is 20.1 Å². The molecule has 0 bridgehead atoms. The number of benzene rings is 1. The molecule has 8 heteroatoms. The summed E-state index contributed by atoms with van der Waals surface area (Å²) in [5.74, 6) is 0.816. The molecule has 2 N–H and O–H groups in total. The summed E-state index contributed by atoms with van der Waals surface area (Å²) in [6, 6.07) is 5.42. The second kappa shape index (κ2) is 6.53. The van der Waals surface area contributed by atoms with Gasteiger partial charge in [-0.3, -0.25) is 14.9 Å². The number of hydrogen-bond donors (Lipinski definition) is 2. The third-order valence-electron chi connectivity index (χ3n) is 5.05. The van der Waals surface area contributed by atoms with Gasteiger partial charge in [0.15, 0.2) is 16.6 Å². The molecule has 0 saturated heterocycles. The number of rotatable bonds is 4. The Hall–Kier alpha value is -2.61. The molecule has 2 heterocycles. The zero-order valence-corrected chi connectivity index (χ0v) is 15.4. The second-order valence-corrected chi connectivity index (χ2v) is 8.16. The fraction of sp³-hybridized carbons (Fsp3) is 0.421. The number of ether oxygens (including phenoxy) is 2. The minimum atomic E-state index is -0.252. The molecule has 7 nitrogen and oxygen atoms in total. The van der Waals surface area contributed by atoms with Gasteiger partial charge in [0.25, 0.3) is 5.91 Å². The van der Waals surface area contributed by atoms with E-state index in [2.05, 4.69) is 15.6 Å². The van der Waals surface area contributed by atoms with Crippen LogP contribution in [0.15, 0.2) is 18.2 Å². The highest BCUT2D eigenvalue weighted by molar-refractivity contribution is 7.16. The molecule has 1 aromatic carbocycles. The summed E-state index contributed by atoms with van der Waals surface area (Å²) < 4.78 is 10.6. The Morgan fingerprint density at radius 2 is 2.00 bits per heavy atom. The Labute approximate surface area is 160 Å². The van der Waals surface area contributed by atoms with Gasteiger partial charge in [-0.05, 0) is 50.3 Å². The first-order valence-corrected chi connectivity index (χ1v) is 10.00. The highest BCUT2D eigenvalue weighted by Crippen LogP contribution is 2.38. The van der Waals surface area contributed by atoms with Gasteiger partial charge in [-0.1, -0.05) is 0 Å². The van der Waals surface area contributed by atoms with E-state index in [0.29, 0.717) is 28.2 Å². The molecule has 1 aromatic heterocycles. The van der Waals surface area contributed by atoms with Crippen LogP contribution in [0.5, 0.6) is 11.5 Å². The Bertz CT molecular complexity index is 922. The van der Waals surface area contributed by atoms with Gasteiger partial charge in [-0.15, -0.1) is 11.3 Å². The first-order valence-electron chi connectivity index (χ1n) is 9.18. The number of nitrogens with one attached hydrogen (secondary N) is 2. The molecule has 2 aromatic rings. The van der Waals surface area contributed by atoms with E-state index in [4.69, 9.17) is 9.47 Å². The molecule has 0 spiro atoms. The van der Waals surface area contributed by atoms with Crippen molar-refractivity contribution in [2.45, 2.75) is 44.1 Å². The number of fused-ring (bicyclic) bond motifs is 2. The molecule has 1 atom stereocenters. The minimum Gasteiger partial charge on any atom is -0.454 e. The molecule has 1 aliphatic heterocycles. The Morgan fingerprint density at radius 1 is 1.15 bits per heavy atom. The Morgan fingerprint density at radius 3 is 2.85 bits per heavy atom. The summed E-state index contributed by atoms with van der Waals surface area (Å²) in [4.78, 5) is 30.8. The van der Waals surface area contributed by atoms with Gasteiger partial charge >= 0.3 is 0 Å². The van der Waals surface area contributed by atoms with Crippen molar-refractivity contribution in [2.24, 2.45) is 0 Å². The van der Waals surface area contributed by atoms with E-state index in [1.54, 1.807) is 18.2 Å². The van der Waals surface area contributed by atoms with E-state index < -0.39 is 0 Å². The van der Waals surface area contributed by atoms with Gasteiger partial charge in [-0.2, -0.15) is 0 Å². The number of anilines is 1. The van der Waals surface area contributed by atoms with Crippen LogP contribution in [-0.2, 0) is 11.2 Å². The van der Waals surface area contributed by atoms with Crippen LogP contribution in [0.25, 0.3) is 0 Å². The Balaban J connectivity index is 1.33. The lowest BCUT2D eigenvalue weighted by Gasteiger charge is -2.20. The minimum absolute atomic E-state index is 0.0670. The average Bonchev–Trinajstić information content (AvgIpc) is 3.19. The second-order valence-electron chi connectivity index (χ2n) is 7.08. The van der Waals surface area contributed by atoms with Crippen LogP contribution in [0, 0.1) is 0 Å². The first-order chi connectivity index (χ1) is 13.2. The molecular weight excluding hydrogens is 366 g/mol. The topological polar surface area (TPSA) is 89.6 Å². The summed E-state index contributed by atoms with van der Waals surface area (Å²) in [5, 5.41) is 6.47. The fourth-order valence-electron chi connectivity index (χ4n) is 3.46.